The van der Waals surface area contributed by atoms with E-state index in [1.807, 2.05) is 10.7 Å². The first-order chi connectivity index (χ1) is 8.79. The number of rotatable bonds is 4. The van der Waals surface area contributed by atoms with Crippen molar-refractivity contribution in [3.8, 4) is 0 Å². The number of nitrogens with zero attached hydrogens (tertiary/aromatic N) is 2. The fourth-order valence-electron chi connectivity index (χ4n) is 2.30. The summed E-state index contributed by atoms with van der Waals surface area (Å²) in [5.41, 5.74) is 1.63. The molecule has 2 aromatic rings. The first-order valence-corrected chi connectivity index (χ1v) is 6.16. The lowest BCUT2D eigenvalue weighted by Crippen LogP contribution is -2.12. The lowest BCUT2D eigenvalue weighted by molar-refractivity contribution is 0.180. The molecule has 1 saturated carbocycles. The van der Waals surface area contributed by atoms with Crippen LogP contribution in [0.1, 0.15) is 36.1 Å². The van der Waals surface area contributed by atoms with Gasteiger partial charge in [-0.2, -0.15) is 5.10 Å². The molecular formula is C14H14FN2O. The van der Waals surface area contributed by atoms with Crippen molar-refractivity contribution in [1.82, 2.24) is 9.78 Å². The molecule has 0 bridgehead atoms. The summed E-state index contributed by atoms with van der Waals surface area (Å²) in [6.45, 7) is -0.290. The zero-order chi connectivity index (χ0) is 12.5. The molecule has 93 valence electrons. The summed E-state index contributed by atoms with van der Waals surface area (Å²) in [4.78, 5) is 0. The van der Waals surface area contributed by atoms with E-state index >= 15 is 0 Å². The molecule has 0 N–H and O–H groups in total. The van der Waals surface area contributed by atoms with Crippen LogP contribution in [0, 0.1) is 5.82 Å². The predicted molar refractivity (Wildman–Crippen MR) is 64.3 cm³/mol. The first-order valence-electron chi connectivity index (χ1n) is 6.16. The van der Waals surface area contributed by atoms with E-state index in [0.717, 1.165) is 24.1 Å². The first kappa shape index (κ1) is 11.4. The largest absolute Gasteiger partial charge is 0.266 e. The Morgan fingerprint density at radius 2 is 2.22 bits per heavy atom. The maximum Gasteiger partial charge on any atom is 0.123 e. The molecule has 1 atom stereocenters. The fourth-order valence-corrected chi connectivity index (χ4v) is 2.30. The van der Waals surface area contributed by atoms with Crippen LogP contribution in [-0.4, -0.2) is 16.4 Å². The summed E-state index contributed by atoms with van der Waals surface area (Å²) in [6, 6.07) is 8.57. The van der Waals surface area contributed by atoms with Gasteiger partial charge in [0.15, 0.2) is 0 Å². The predicted octanol–water partition coefficient (Wildman–Crippen LogP) is 2.92. The molecule has 1 fully saturated rings. The molecule has 18 heavy (non-hydrogen) atoms. The van der Waals surface area contributed by atoms with Crippen molar-refractivity contribution in [2.45, 2.75) is 24.8 Å². The molecule has 1 aliphatic rings. The van der Waals surface area contributed by atoms with Crippen LogP contribution >= 0.6 is 0 Å². The Balaban J connectivity index is 1.98. The van der Waals surface area contributed by atoms with Gasteiger partial charge in [0.1, 0.15) is 5.82 Å². The number of benzene rings is 1. The van der Waals surface area contributed by atoms with Gasteiger partial charge in [0.05, 0.1) is 18.6 Å². The van der Waals surface area contributed by atoms with Crippen LogP contribution in [0.2, 0.25) is 0 Å². The average Bonchev–Trinajstić information content (AvgIpc) is 3.10. The third-order valence-electron chi connectivity index (χ3n) is 3.37. The van der Waals surface area contributed by atoms with Gasteiger partial charge in [0, 0.05) is 11.9 Å². The lowest BCUT2D eigenvalue weighted by Gasteiger charge is -2.16. The van der Waals surface area contributed by atoms with Crippen molar-refractivity contribution in [3.63, 3.8) is 0 Å². The van der Waals surface area contributed by atoms with Crippen LogP contribution in [0.3, 0.4) is 0 Å². The van der Waals surface area contributed by atoms with E-state index in [-0.39, 0.29) is 18.3 Å². The van der Waals surface area contributed by atoms with Gasteiger partial charge in [-0.25, -0.2) is 9.50 Å². The third kappa shape index (κ3) is 2.04. The van der Waals surface area contributed by atoms with Crippen molar-refractivity contribution in [3.05, 3.63) is 53.6 Å². The Hall–Kier alpha value is -1.68. The Kier molecular flexibility index (Phi) is 2.88. The summed E-state index contributed by atoms with van der Waals surface area (Å²) in [5, 5.41) is 15.8. The Labute approximate surface area is 105 Å². The SMILES string of the molecule is [O]CC(c1cccc(F)c1)c1ccnn1C1CC1. The van der Waals surface area contributed by atoms with Crippen molar-refractivity contribution in [2.75, 3.05) is 6.61 Å². The average molecular weight is 245 g/mol. The van der Waals surface area contributed by atoms with Gasteiger partial charge >= 0.3 is 0 Å². The number of aromatic nitrogens is 2. The topological polar surface area (TPSA) is 37.7 Å². The molecule has 1 aromatic heterocycles. The van der Waals surface area contributed by atoms with Crippen LogP contribution in [0.25, 0.3) is 0 Å². The van der Waals surface area contributed by atoms with Gasteiger partial charge in [0.25, 0.3) is 0 Å². The molecule has 1 aliphatic carbocycles. The van der Waals surface area contributed by atoms with Gasteiger partial charge in [-0.15, -0.1) is 0 Å². The minimum atomic E-state index is -0.316. The van der Waals surface area contributed by atoms with Crippen molar-refractivity contribution >= 4 is 0 Å². The van der Waals surface area contributed by atoms with E-state index in [1.54, 1.807) is 18.3 Å². The second-order valence-electron chi connectivity index (χ2n) is 4.71. The second-order valence-corrected chi connectivity index (χ2v) is 4.71. The maximum atomic E-state index is 13.3. The highest BCUT2D eigenvalue weighted by Gasteiger charge is 2.29. The minimum Gasteiger partial charge on any atom is -0.266 e. The quantitative estimate of drug-likeness (QED) is 0.816. The molecule has 1 unspecified atom stereocenters. The van der Waals surface area contributed by atoms with Crippen molar-refractivity contribution in [1.29, 1.82) is 0 Å². The van der Waals surface area contributed by atoms with Crippen molar-refractivity contribution in [2.24, 2.45) is 0 Å². The molecule has 3 nitrogen and oxygen atoms in total. The number of hydrogen-bond acceptors (Lipinski definition) is 1. The fraction of sp³-hybridized carbons (Fsp3) is 0.357. The Morgan fingerprint density at radius 3 is 2.89 bits per heavy atom. The Bertz CT molecular complexity index is 548. The van der Waals surface area contributed by atoms with Crippen molar-refractivity contribution < 1.29 is 9.50 Å². The lowest BCUT2D eigenvalue weighted by atomic mass is 9.96. The molecule has 0 amide bonds. The molecule has 0 aliphatic heterocycles. The zero-order valence-corrected chi connectivity index (χ0v) is 9.92. The van der Waals surface area contributed by atoms with E-state index < -0.39 is 0 Å². The van der Waals surface area contributed by atoms with Gasteiger partial charge in [0.2, 0.25) is 0 Å². The molecule has 1 heterocycles. The van der Waals surface area contributed by atoms with Crippen LogP contribution in [0.4, 0.5) is 4.39 Å². The second kappa shape index (κ2) is 4.53. The highest BCUT2D eigenvalue weighted by molar-refractivity contribution is 5.29. The molecule has 3 rings (SSSR count). The van der Waals surface area contributed by atoms with E-state index in [2.05, 4.69) is 5.10 Å². The summed E-state index contributed by atoms with van der Waals surface area (Å²) in [6.07, 6.45) is 3.95. The van der Waals surface area contributed by atoms with Gasteiger partial charge in [-0.1, -0.05) is 12.1 Å². The highest BCUT2D eigenvalue weighted by atomic mass is 19.1. The smallest absolute Gasteiger partial charge is 0.123 e. The molecule has 0 saturated heterocycles. The highest BCUT2D eigenvalue weighted by Crippen LogP contribution is 2.37. The van der Waals surface area contributed by atoms with Crippen LogP contribution in [-0.2, 0) is 5.11 Å². The molecule has 1 aromatic carbocycles. The van der Waals surface area contributed by atoms with E-state index in [4.69, 9.17) is 0 Å². The van der Waals surface area contributed by atoms with Crippen LogP contribution in [0.15, 0.2) is 36.5 Å². The summed E-state index contributed by atoms with van der Waals surface area (Å²) >= 11 is 0. The van der Waals surface area contributed by atoms with Gasteiger partial charge < -0.3 is 0 Å². The monoisotopic (exact) mass is 245 g/mol. The van der Waals surface area contributed by atoms with E-state index in [1.165, 1.54) is 12.1 Å². The Morgan fingerprint density at radius 1 is 1.39 bits per heavy atom. The molecule has 4 heteroatoms. The standard InChI is InChI=1S/C14H14FN2O/c15-11-3-1-2-10(8-11)13(9-18)14-6-7-16-17(14)12-4-5-12/h1-3,6-8,12-13H,4-5,9H2. The molecular weight excluding hydrogens is 231 g/mol. The number of hydrogen-bond donors (Lipinski definition) is 0. The van der Waals surface area contributed by atoms with Crippen LogP contribution < -0.4 is 0 Å². The number of halogens is 1. The summed E-state index contributed by atoms with van der Waals surface area (Å²) < 4.78 is 15.2. The maximum absolute atomic E-state index is 13.3. The van der Waals surface area contributed by atoms with E-state index in [9.17, 15) is 9.50 Å². The van der Waals surface area contributed by atoms with E-state index in [0.29, 0.717) is 6.04 Å². The summed E-state index contributed by atoms with van der Waals surface area (Å²) in [5.74, 6) is -0.618. The third-order valence-corrected chi connectivity index (χ3v) is 3.37. The molecule has 1 radical (unpaired) electrons. The summed E-state index contributed by atoms with van der Waals surface area (Å²) in [7, 11) is 0. The minimum absolute atomic E-state index is 0.290. The van der Waals surface area contributed by atoms with Crippen LogP contribution in [0.5, 0.6) is 0 Å². The zero-order valence-electron chi connectivity index (χ0n) is 9.92. The van der Waals surface area contributed by atoms with Gasteiger partial charge in [-0.3, -0.25) is 4.68 Å². The molecule has 0 spiro atoms. The normalized spacial score (nSPS) is 16.8. The van der Waals surface area contributed by atoms with Gasteiger partial charge in [-0.05, 0) is 36.6 Å².